The summed E-state index contributed by atoms with van der Waals surface area (Å²) in [4.78, 5) is 20.5. The SMILES string of the molecule is Cc1cncc(NC2CCC(n3nc(C)ccc3=O)CC2)n1. The summed E-state index contributed by atoms with van der Waals surface area (Å²) in [7, 11) is 0. The van der Waals surface area contributed by atoms with Gasteiger partial charge in [0.2, 0.25) is 0 Å². The molecule has 0 atom stereocenters. The lowest BCUT2D eigenvalue weighted by molar-refractivity contribution is 0.302. The lowest BCUT2D eigenvalue weighted by atomic mass is 9.91. The van der Waals surface area contributed by atoms with Gasteiger partial charge in [-0.2, -0.15) is 5.10 Å². The summed E-state index contributed by atoms with van der Waals surface area (Å²) in [6, 6.07) is 3.96. The Labute approximate surface area is 129 Å². The number of nitrogens with zero attached hydrogens (tertiary/aromatic N) is 4. The van der Waals surface area contributed by atoms with Crippen LogP contribution in [0, 0.1) is 13.8 Å². The highest BCUT2D eigenvalue weighted by Crippen LogP contribution is 2.28. The van der Waals surface area contributed by atoms with E-state index in [9.17, 15) is 4.79 Å². The molecule has 0 aromatic carbocycles. The van der Waals surface area contributed by atoms with Crippen LogP contribution in [-0.2, 0) is 0 Å². The Bertz CT molecular complexity index is 704. The van der Waals surface area contributed by atoms with E-state index in [4.69, 9.17) is 0 Å². The predicted molar refractivity (Wildman–Crippen MR) is 84.9 cm³/mol. The zero-order valence-electron chi connectivity index (χ0n) is 13.0. The molecule has 1 fully saturated rings. The van der Waals surface area contributed by atoms with Crippen molar-refractivity contribution >= 4 is 5.82 Å². The lowest BCUT2D eigenvalue weighted by Gasteiger charge is -2.29. The second-order valence-corrected chi connectivity index (χ2v) is 5.95. The Kier molecular flexibility index (Phi) is 4.18. The fraction of sp³-hybridized carbons (Fsp3) is 0.500. The minimum absolute atomic E-state index is 0.00781. The van der Waals surface area contributed by atoms with E-state index in [1.807, 2.05) is 13.8 Å². The maximum absolute atomic E-state index is 11.9. The third kappa shape index (κ3) is 3.32. The minimum atomic E-state index is -0.00781. The molecule has 0 unspecified atom stereocenters. The maximum atomic E-state index is 11.9. The van der Waals surface area contributed by atoms with Gasteiger partial charge in [0.1, 0.15) is 5.82 Å². The van der Waals surface area contributed by atoms with Crippen molar-refractivity contribution in [1.82, 2.24) is 19.7 Å². The van der Waals surface area contributed by atoms with Crippen LogP contribution in [0.15, 0.2) is 29.3 Å². The highest BCUT2D eigenvalue weighted by molar-refractivity contribution is 5.33. The molecule has 0 aliphatic heterocycles. The summed E-state index contributed by atoms with van der Waals surface area (Å²) in [5.41, 5.74) is 1.79. The minimum Gasteiger partial charge on any atom is -0.366 e. The molecule has 0 bridgehead atoms. The summed E-state index contributed by atoms with van der Waals surface area (Å²) in [6.07, 6.45) is 7.41. The average Bonchev–Trinajstić information content (AvgIpc) is 2.51. The van der Waals surface area contributed by atoms with Gasteiger partial charge in [0.15, 0.2) is 0 Å². The van der Waals surface area contributed by atoms with E-state index in [0.29, 0.717) is 6.04 Å². The van der Waals surface area contributed by atoms with Crippen molar-refractivity contribution in [3.8, 4) is 0 Å². The summed E-state index contributed by atoms with van der Waals surface area (Å²) in [5.74, 6) is 0.828. The molecule has 22 heavy (non-hydrogen) atoms. The van der Waals surface area contributed by atoms with E-state index in [-0.39, 0.29) is 11.6 Å². The second kappa shape index (κ2) is 6.25. The van der Waals surface area contributed by atoms with Gasteiger partial charge in [-0.3, -0.25) is 9.78 Å². The van der Waals surface area contributed by atoms with Crippen LogP contribution < -0.4 is 10.9 Å². The molecule has 116 valence electrons. The van der Waals surface area contributed by atoms with Gasteiger partial charge in [0, 0.05) is 18.3 Å². The van der Waals surface area contributed by atoms with Crippen molar-refractivity contribution in [1.29, 1.82) is 0 Å². The van der Waals surface area contributed by atoms with Crippen LogP contribution in [0.25, 0.3) is 0 Å². The van der Waals surface area contributed by atoms with Crippen LogP contribution in [0.5, 0.6) is 0 Å². The Hall–Kier alpha value is -2.24. The topological polar surface area (TPSA) is 72.7 Å². The molecular weight excluding hydrogens is 278 g/mol. The second-order valence-electron chi connectivity index (χ2n) is 5.95. The molecule has 3 rings (SSSR count). The number of nitrogens with one attached hydrogen (secondary N) is 1. The molecule has 1 saturated carbocycles. The molecule has 6 nitrogen and oxygen atoms in total. The first-order chi connectivity index (χ1) is 10.6. The fourth-order valence-corrected chi connectivity index (χ4v) is 2.99. The Morgan fingerprint density at radius 2 is 1.86 bits per heavy atom. The van der Waals surface area contributed by atoms with Gasteiger partial charge < -0.3 is 5.32 Å². The van der Waals surface area contributed by atoms with Crippen molar-refractivity contribution < 1.29 is 0 Å². The Morgan fingerprint density at radius 1 is 1.09 bits per heavy atom. The Balaban J connectivity index is 1.63. The molecule has 1 aliphatic rings. The van der Waals surface area contributed by atoms with Crippen LogP contribution in [0.1, 0.15) is 43.1 Å². The molecule has 0 spiro atoms. The molecule has 0 radical (unpaired) electrons. The van der Waals surface area contributed by atoms with Gasteiger partial charge in [-0.15, -0.1) is 0 Å². The zero-order valence-corrected chi connectivity index (χ0v) is 13.0. The van der Waals surface area contributed by atoms with Gasteiger partial charge in [0.25, 0.3) is 5.56 Å². The summed E-state index contributed by atoms with van der Waals surface area (Å²) >= 11 is 0. The normalized spacial score (nSPS) is 21.5. The van der Waals surface area contributed by atoms with Gasteiger partial charge in [-0.25, -0.2) is 9.67 Å². The molecular formula is C16H21N5O. The first-order valence-electron chi connectivity index (χ1n) is 7.73. The van der Waals surface area contributed by atoms with E-state index in [2.05, 4.69) is 20.4 Å². The van der Waals surface area contributed by atoms with Crippen LogP contribution in [0.4, 0.5) is 5.82 Å². The number of rotatable bonds is 3. The predicted octanol–water partition coefficient (Wildman–Crippen LogP) is 2.25. The number of hydrogen-bond donors (Lipinski definition) is 1. The summed E-state index contributed by atoms with van der Waals surface area (Å²) in [5, 5.41) is 7.82. The average molecular weight is 299 g/mol. The molecule has 2 aromatic rings. The first kappa shape index (κ1) is 14.7. The van der Waals surface area contributed by atoms with Crippen molar-refractivity contribution in [2.75, 3.05) is 5.32 Å². The molecule has 0 saturated heterocycles. The van der Waals surface area contributed by atoms with Crippen LogP contribution >= 0.6 is 0 Å². The van der Waals surface area contributed by atoms with Gasteiger partial charge >= 0.3 is 0 Å². The van der Waals surface area contributed by atoms with Gasteiger partial charge in [-0.1, -0.05) is 0 Å². The van der Waals surface area contributed by atoms with Crippen LogP contribution in [-0.4, -0.2) is 25.8 Å². The smallest absolute Gasteiger partial charge is 0.267 e. The van der Waals surface area contributed by atoms with E-state index >= 15 is 0 Å². The molecule has 2 aromatic heterocycles. The number of aryl methyl sites for hydroxylation is 2. The summed E-state index contributed by atoms with van der Waals surface area (Å²) < 4.78 is 1.65. The first-order valence-corrected chi connectivity index (χ1v) is 7.73. The van der Waals surface area contributed by atoms with E-state index in [1.54, 1.807) is 29.2 Å². The van der Waals surface area contributed by atoms with Crippen molar-refractivity contribution in [3.63, 3.8) is 0 Å². The molecule has 0 amide bonds. The van der Waals surface area contributed by atoms with Crippen LogP contribution in [0.2, 0.25) is 0 Å². The quantitative estimate of drug-likeness (QED) is 0.941. The molecule has 2 heterocycles. The standard InChI is InChI=1S/C16H21N5O/c1-11-3-8-16(22)21(20-11)14-6-4-13(5-7-14)19-15-10-17-9-12(2)18-15/h3,8-10,13-14H,4-7H2,1-2H3,(H,18,19). The number of aromatic nitrogens is 4. The van der Waals surface area contributed by atoms with Crippen molar-refractivity contribution in [3.05, 3.63) is 46.3 Å². The highest BCUT2D eigenvalue weighted by atomic mass is 16.1. The maximum Gasteiger partial charge on any atom is 0.267 e. The van der Waals surface area contributed by atoms with E-state index < -0.39 is 0 Å². The highest BCUT2D eigenvalue weighted by Gasteiger charge is 2.24. The van der Waals surface area contributed by atoms with E-state index in [0.717, 1.165) is 42.9 Å². The zero-order chi connectivity index (χ0) is 15.5. The lowest BCUT2D eigenvalue weighted by Crippen LogP contribution is -2.33. The van der Waals surface area contributed by atoms with Gasteiger partial charge in [0.05, 0.1) is 23.6 Å². The van der Waals surface area contributed by atoms with Crippen molar-refractivity contribution in [2.24, 2.45) is 0 Å². The number of hydrogen-bond acceptors (Lipinski definition) is 5. The molecule has 1 N–H and O–H groups in total. The van der Waals surface area contributed by atoms with Crippen molar-refractivity contribution in [2.45, 2.75) is 51.6 Å². The van der Waals surface area contributed by atoms with E-state index in [1.165, 1.54) is 0 Å². The summed E-state index contributed by atoms with van der Waals surface area (Å²) in [6.45, 7) is 3.85. The molecule has 1 aliphatic carbocycles. The largest absolute Gasteiger partial charge is 0.366 e. The third-order valence-electron chi connectivity index (χ3n) is 4.11. The monoisotopic (exact) mass is 299 g/mol. The third-order valence-corrected chi connectivity index (χ3v) is 4.11. The molecule has 6 heteroatoms. The fourth-order valence-electron chi connectivity index (χ4n) is 2.99. The Morgan fingerprint density at radius 3 is 2.59 bits per heavy atom. The van der Waals surface area contributed by atoms with Gasteiger partial charge in [-0.05, 0) is 45.6 Å². The van der Waals surface area contributed by atoms with Crippen LogP contribution in [0.3, 0.4) is 0 Å². The number of anilines is 1.